The first-order chi connectivity index (χ1) is 7.65. The van der Waals surface area contributed by atoms with Crippen molar-refractivity contribution in [3.05, 3.63) is 24.4 Å². The molecule has 0 amide bonds. The van der Waals surface area contributed by atoms with Crippen LogP contribution in [0.25, 0.3) is 11.1 Å². The average molecular weight is 219 g/mol. The minimum Gasteiger partial charge on any atom is -0.504 e. The standard InChI is InChI=1S/C11H13N3O2/c1-14-11(12)8(6-13-14)7-4-3-5-9(15)10(7)16-2/h3-6,15H,12H2,1-2H3. The second-order valence-electron chi connectivity index (χ2n) is 3.43. The number of anilines is 1. The molecule has 0 aliphatic heterocycles. The van der Waals surface area contributed by atoms with Crippen LogP contribution in [0.5, 0.6) is 11.5 Å². The zero-order chi connectivity index (χ0) is 11.7. The molecule has 3 N–H and O–H groups in total. The summed E-state index contributed by atoms with van der Waals surface area (Å²) in [6.45, 7) is 0. The summed E-state index contributed by atoms with van der Waals surface area (Å²) in [5.41, 5.74) is 7.35. The fourth-order valence-corrected chi connectivity index (χ4v) is 1.61. The predicted molar refractivity (Wildman–Crippen MR) is 61.3 cm³/mol. The van der Waals surface area contributed by atoms with Gasteiger partial charge < -0.3 is 15.6 Å². The Morgan fingerprint density at radius 1 is 1.38 bits per heavy atom. The fraction of sp³-hybridized carbons (Fsp3) is 0.182. The van der Waals surface area contributed by atoms with Crippen molar-refractivity contribution in [3.63, 3.8) is 0 Å². The molecule has 84 valence electrons. The molecule has 0 aliphatic carbocycles. The number of nitrogen functional groups attached to an aromatic ring is 1. The van der Waals surface area contributed by atoms with Gasteiger partial charge >= 0.3 is 0 Å². The number of ether oxygens (including phenoxy) is 1. The monoisotopic (exact) mass is 219 g/mol. The van der Waals surface area contributed by atoms with E-state index in [0.29, 0.717) is 11.6 Å². The Kier molecular flexibility index (Phi) is 2.44. The molecule has 1 aromatic heterocycles. The number of aryl methyl sites for hydroxylation is 1. The number of hydrogen-bond acceptors (Lipinski definition) is 4. The highest BCUT2D eigenvalue weighted by atomic mass is 16.5. The van der Waals surface area contributed by atoms with Gasteiger partial charge in [-0.1, -0.05) is 12.1 Å². The van der Waals surface area contributed by atoms with Crippen molar-refractivity contribution in [3.8, 4) is 22.6 Å². The van der Waals surface area contributed by atoms with E-state index in [1.807, 2.05) is 6.07 Å². The molecule has 5 heteroatoms. The SMILES string of the molecule is COc1c(O)cccc1-c1cnn(C)c1N. The van der Waals surface area contributed by atoms with E-state index in [-0.39, 0.29) is 5.75 Å². The number of rotatable bonds is 2. The van der Waals surface area contributed by atoms with Crippen molar-refractivity contribution < 1.29 is 9.84 Å². The summed E-state index contributed by atoms with van der Waals surface area (Å²) in [7, 11) is 3.26. The Morgan fingerprint density at radius 3 is 2.69 bits per heavy atom. The second kappa shape index (κ2) is 3.77. The van der Waals surface area contributed by atoms with Gasteiger partial charge in [0.15, 0.2) is 11.5 Å². The van der Waals surface area contributed by atoms with E-state index in [1.54, 1.807) is 30.1 Å². The van der Waals surface area contributed by atoms with Crippen LogP contribution in [0.1, 0.15) is 0 Å². The maximum Gasteiger partial charge on any atom is 0.168 e. The van der Waals surface area contributed by atoms with Crippen molar-refractivity contribution in [2.75, 3.05) is 12.8 Å². The molecule has 2 rings (SSSR count). The van der Waals surface area contributed by atoms with Crippen LogP contribution < -0.4 is 10.5 Å². The number of nitrogens with zero attached hydrogens (tertiary/aromatic N) is 2. The van der Waals surface area contributed by atoms with Crippen LogP contribution in [0.15, 0.2) is 24.4 Å². The number of para-hydroxylation sites is 1. The summed E-state index contributed by atoms with van der Waals surface area (Å²) in [6.07, 6.45) is 1.65. The van der Waals surface area contributed by atoms with Gasteiger partial charge in [0.05, 0.1) is 13.3 Å². The third kappa shape index (κ3) is 1.46. The summed E-state index contributed by atoms with van der Waals surface area (Å²) in [6, 6.07) is 5.13. The van der Waals surface area contributed by atoms with Gasteiger partial charge in [0.25, 0.3) is 0 Å². The van der Waals surface area contributed by atoms with Crippen LogP contribution in [-0.2, 0) is 7.05 Å². The van der Waals surface area contributed by atoms with Crippen LogP contribution >= 0.6 is 0 Å². The van der Waals surface area contributed by atoms with Crippen molar-refractivity contribution in [1.29, 1.82) is 0 Å². The highest BCUT2D eigenvalue weighted by Crippen LogP contribution is 2.38. The molecule has 0 saturated heterocycles. The maximum atomic E-state index is 9.66. The van der Waals surface area contributed by atoms with Gasteiger partial charge in [-0.25, -0.2) is 0 Å². The lowest BCUT2D eigenvalue weighted by molar-refractivity contribution is 0.375. The van der Waals surface area contributed by atoms with Crippen LogP contribution in [0.4, 0.5) is 5.82 Å². The van der Waals surface area contributed by atoms with E-state index < -0.39 is 0 Å². The third-order valence-electron chi connectivity index (χ3n) is 2.47. The predicted octanol–water partition coefficient (Wildman–Crippen LogP) is 1.38. The van der Waals surface area contributed by atoms with Crippen molar-refractivity contribution in [1.82, 2.24) is 9.78 Å². The molecule has 5 nitrogen and oxygen atoms in total. The molecule has 1 heterocycles. The first-order valence-corrected chi connectivity index (χ1v) is 4.79. The molecule has 0 spiro atoms. The summed E-state index contributed by atoms with van der Waals surface area (Å²) >= 11 is 0. The van der Waals surface area contributed by atoms with Crippen LogP contribution in [-0.4, -0.2) is 22.0 Å². The lowest BCUT2D eigenvalue weighted by atomic mass is 10.1. The van der Waals surface area contributed by atoms with Crippen molar-refractivity contribution in [2.45, 2.75) is 0 Å². The molecule has 0 atom stereocenters. The topological polar surface area (TPSA) is 73.3 Å². The highest BCUT2D eigenvalue weighted by molar-refractivity contribution is 5.80. The fourth-order valence-electron chi connectivity index (χ4n) is 1.61. The minimum absolute atomic E-state index is 0.0863. The van der Waals surface area contributed by atoms with Crippen molar-refractivity contribution in [2.24, 2.45) is 7.05 Å². The number of phenols is 1. The lowest BCUT2D eigenvalue weighted by Gasteiger charge is -2.09. The van der Waals surface area contributed by atoms with Gasteiger partial charge in [0.2, 0.25) is 0 Å². The number of aromatic nitrogens is 2. The van der Waals surface area contributed by atoms with Crippen molar-refractivity contribution >= 4 is 5.82 Å². The van der Waals surface area contributed by atoms with E-state index in [4.69, 9.17) is 10.5 Å². The molecule has 1 aromatic carbocycles. The molecule has 0 bridgehead atoms. The van der Waals surface area contributed by atoms with Gasteiger partial charge in [-0.05, 0) is 6.07 Å². The number of phenolic OH excluding ortho intramolecular Hbond substituents is 1. The van der Waals surface area contributed by atoms with Gasteiger partial charge in [0.1, 0.15) is 5.82 Å². The zero-order valence-corrected chi connectivity index (χ0v) is 9.14. The van der Waals surface area contributed by atoms with Gasteiger partial charge in [-0.2, -0.15) is 5.10 Å². The first-order valence-electron chi connectivity index (χ1n) is 4.79. The normalized spacial score (nSPS) is 10.4. The van der Waals surface area contributed by atoms with Crippen LogP contribution in [0, 0.1) is 0 Å². The Hall–Kier alpha value is -2.17. The number of hydrogen-bond donors (Lipinski definition) is 2. The number of methoxy groups -OCH3 is 1. The van der Waals surface area contributed by atoms with Gasteiger partial charge in [0, 0.05) is 18.2 Å². The molecule has 2 aromatic rings. The Labute approximate surface area is 93.1 Å². The van der Waals surface area contributed by atoms with Crippen LogP contribution in [0.2, 0.25) is 0 Å². The largest absolute Gasteiger partial charge is 0.504 e. The average Bonchev–Trinajstić information content (AvgIpc) is 2.59. The third-order valence-corrected chi connectivity index (χ3v) is 2.47. The Bertz CT molecular complexity index is 520. The number of aromatic hydroxyl groups is 1. The summed E-state index contributed by atoms with van der Waals surface area (Å²) in [5.74, 6) is 1.02. The van der Waals surface area contributed by atoms with Gasteiger partial charge in [-0.15, -0.1) is 0 Å². The smallest absolute Gasteiger partial charge is 0.168 e. The molecule has 0 saturated carbocycles. The highest BCUT2D eigenvalue weighted by Gasteiger charge is 2.14. The molecule has 0 radical (unpaired) electrons. The molecule has 0 fully saturated rings. The Balaban J connectivity index is 2.64. The Morgan fingerprint density at radius 2 is 2.12 bits per heavy atom. The van der Waals surface area contributed by atoms with E-state index in [2.05, 4.69) is 5.10 Å². The van der Waals surface area contributed by atoms with E-state index in [1.165, 1.54) is 7.11 Å². The second-order valence-corrected chi connectivity index (χ2v) is 3.43. The van der Waals surface area contributed by atoms with Gasteiger partial charge in [-0.3, -0.25) is 4.68 Å². The lowest BCUT2D eigenvalue weighted by Crippen LogP contribution is -1.98. The maximum absolute atomic E-state index is 9.66. The first kappa shape index (κ1) is 10.4. The zero-order valence-electron chi connectivity index (χ0n) is 9.14. The number of nitrogens with two attached hydrogens (primary N) is 1. The van der Waals surface area contributed by atoms with E-state index >= 15 is 0 Å². The van der Waals surface area contributed by atoms with Crippen LogP contribution in [0.3, 0.4) is 0 Å². The molecule has 0 unspecified atom stereocenters. The molecular formula is C11H13N3O2. The summed E-state index contributed by atoms with van der Waals surface area (Å²) < 4.78 is 6.72. The number of benzene rings is 1. The summed E-state index contributed by atoms with van der Waals surface area (Å²) in [4.78, 5) is 0. The minimum atomic E-state index is 0.0863. The summed E-state index contributed by atoms with van der Waals surface area (Å²) in [5, 5.41) is 13.7. The quantitative estimate of drug-likeness (QED) is 0.800. The molecule has 0 aliphatic rings. The molecule has 16 heavy (non-hydrogen) atoms. The van der Waals surface area contributed by atoms with E-state index in [9.17, 15) is 5.11 Å². The molecular weight excluding hydrogens is 206 g/mol. The van der Waals surface area contributed by atoms with E-state index in [0.717, 1.165) is 11.1 Å².